The van der Waals surface area contributed by atoms with Gasteiger partial charge in [0.15, 0.2) is 6.10 Å². The van der Waals surface area contributed by atoms with E-state index in [4.69, 9.17) is 4.74 Å². The van der Waals surface area contributed by atoms with Crippen molar-refractivity contribution in [3.05, 3.63) is 52.6 Å². The van der Waals surface area contributed by atoms with Crippen LogP contribution in [0, 0.1) is 5.82 Å². The zero-order valence-corrected chi connectivity index (χ0v) is 17.4. The molecule has 2 heterocycles. The van der Waals surface area contributed by atoms with Gasteiger partial charge in [0, 0.05) is 51.4 Å². The molecule has 0 bridgehead atoms. The summed E-state index contributed by atoms with van der Waals surface area (Å²) in [6.45, 7) is 7.24. The molecule has 162 valence electrons. The summed E-state index contributed by atoms with van der Waals surface area (Å²) in [5.41, 5.74) is 0.0372. The van der Waals surface area contributed by atoms with Crippen LogP contribution < -0.4 is 15.6 Å². The maximum Gasteiger partial charge on any atom is 0.271 e. The van der Waals surface area contributed by atoms with Crippen LogP contribution >= 0.6 is 0 Å². The Balaban J connectivity index is 1.58. The molecule has 30 heavy (non-hydrogen) atoms. The first-order valence-electron chi connectivity index (χ1n) is 10.2. The average Bonchev–Trinajstić information content (AvgIpc) is 2.75. The molecule has 1 aliphatic heterocycles. The molecule has 0 saturated carbocycles. The fourth-order valence-electron chi connectivity index (χ4n) is 3.22. The molecule has 1 amide bonds. The van der Waals surface area contributed by atoms with Crippen LogP contribution in [0.3, 0.4) is 0 Å². The summed E-state index contributed by atoms with van der Waals surface area (Å²) in [5.74, 6) is -0.466. The van der Waals surface area contributed by atoms with E-state index in [0.717, 1.165) is 37.4 Å². The van der Waals surface area contributed by atoms with E-state index in [1.165, 1.54) is 36.4 Å². The zero-order chi connectivity index (χ0) is 21.5. The molecular formula is C21H28FN5O3. The second-order valence-corrected chi connectivity index (χ2v) is 7.35. The highest BCUT2D eigenvalue weighted by molar-refractivity contribution is 5.81. The Morgan fingerprint density at radius 2 is 1.87 bits per heavy atom. The van der Waals surface area contributed by atoms with Gasteiger partial charge in [0.05, 0.1) is 5.69 Å². The van der Waals surface area contributed by atoms with Gasteiger partial charge in [0.2, 0.25) is 5.88 Å². The highest BCUT2D eigenvalue weighted by Crippen LogP contribution is 2.11. The van der Waals surface area contributed by atoms with Gasteiger partial charge in [-0.3, -0.25) is 14.5 Å². The normalized spacial score (nSPS) is 16.2. The fraction of sp³-hybridized carbons (Fsp3) is 0.476. The minimum Gasteiger partial charge on any atom is -0.463 e. The van der Waals surface area contributed by atoms with Crippen LogP contribution in [0.2, 0.25) is 0 Å². The summed E-state index contributed by atoms with van der Waals surface area (Å²) in [6, 6.07) is 8.15. The van der Waals surface area contributed by atoms with Crippen LogP contribution in [0.25, 0.3) is 5.69 Å². The van der Waals surface area contributed by atoms with E-state index in [2.05, 4.69) is 27.3 Å². The van der Waals surface area contributed by atoms with Crippen molar-refractivity contribution >= 4 is 5.91 Å². The van der Waals surface area contributed by atoms with Gasteiger partial charge in [0.25, 0.3) is 11.5 Å². The van der Waals surface area contributed by atoms with Crippen molar-refractivity contribution in [2.75, 3.05) is 46.3 Å². The highest BCUT2D eigenvalue weighted by atomic mass is 19.1. The van der Waals surface area contributed by atoms with Crippen molar-refractivity contribution in [2.45, 2.75) is 19.4 Å². The molecule has 1 aliphatic rings. The van der Waals surface area contributed by atoms with Crippen LogP contribution in [0.1, 0.15) is 13.3 Å². The predicted molar refractivity (Wildman–Crippen MR) is 111 cm³/mol. The number of amides is 1. The number of rotatable bonds is 8. The molecule has 2 aromatic rings. The smallest absolute Gasteiger partial charge is 0.271 e. The highest BCUT2D eigenvalue weighted by Gasteiger charge is 2.20. The molecule has 0 aliphatic carbocycles. The Morgan fingerprint density at radius 3 is 2.53 bits per heavy atom. The number of carbonyl (C=O) groups is 1. The Bertz CT molecular complexity index is 894. The molecule has 1 atom stereocenters. The van der Waals surface area contributed by atoms with Crippen molar-refractivity contribution in [1.29, 1.82) is 0 Å². The first-order valence-corrected chi connectivity index (χ1v) is 10.2. The first-order chi connectivity index (χ1) is 14.5. The van der Waals surface area contributed by atoms with Crippen molar-refractivity contribution < 1.29 is 13.9 Å². The minimum atomic E-state index is -0.718. The van der Waals surface area contributed by atoms with E-state index in [-0.39, 0.29) is 17.3 Å². The summed E-state index contributed by atoms with van der Waals surface area (Å²) in [6.07, 6.45) is -0.262. The quantitative estimate of drug-likeness (QED) is 0.687. The van der Waals surface area contributed by atoms with Gasteiger partial charge in [-0.05, 0) is 37.7 Å². The number of likely N-dealkylation sites (N-methyl/N-ethyl adjacent to an activating group) is 1. The van der Waals surface area contributed by atoms with Gasteiger partial charge in [0.1, 0.15) is 5.82 Å². The number of benzene rings is 1. The van der Waals surface area contributed by atoms with Crippen LogP contribution in [0.4, 0.5) is 4.39 Å². The number of ether oxygens (including phenoxy) is 1. The number of piperazine rings is 1. The Labute approximate surface area is 175 Å². The minimum absolute atomic E-state index is 0.153. The molecule has 1 aromatic heterocycles. The van der Waals surface area contributed by atoms with Crippen molar-refractivity contribution in [2.24, 2.45) is 0 Å². The monoisotopic (exact) mass is 417 g/mol. The second kappa shape index (κ2) is 10.3. The summed E-state index contributed by atoms with van der Waals surface area (Å²) in [4.78, 5) is 29.3. The van der Waals surface area contributed by atoms with Gasteiger partial charge in [-0.25, -0.2) is 4.39 Å². The maximum absolute atomic E-state index is 13.1. The van der Waals surface area contributed by atoms with Crippen LogP contribution in [0.15, 0.2) is 41.2 Å². The molecule has 3 rings (SSSR count). The van der Waals surface area contributed by atoms with Crippen molar-refractivity contribution in [3.8, 4) is 11.6 Å². The van der Waals surface area contributed by atoms with Crippen molar-refractivity contribution in [3.63, 3.8) is 0 Å². The number of carbonyl (C=O) groups excluding carboxylic acids is 1. The number of aromatic nitrogens is 2. The fourth-order valence-corrected chi connectivity index (χ4v) is 3.22. The van der Waals surface area contributed by atoms with Gasteiger partial charge < -0.3 is 15.0 Å². The average molecular weight is 417 g/mol. The third-order valence-electron chi connectivity index (χ3n) is 5.10. The largest absolute Gasteiger partial charge is 0.463 e. The lowest BCUT2D eigenvalue weighted by atomic mass is 10.2. The van der Waals surface area contributed by atoms with Gasteiger partial charge in [-0.15, -0.1) is 5.10 Å². The number of hydrogen-bond donors (Lipinski definition) is 1. The second-order valence-electron chi connectivity index (χ2n) is 7.35. The Kier molecular flexibility index (Phi) is 7.53. The molecule has 8 nitrogen and oxygen atoms in total. The van der Waals surface area contributed by atoms with Crippen molar-refractivity contribution in [1.82, 2.24) is 24.9 Å². The van der Waals surface area contributed by atoms with E-state index in [1.54, 1.807) is 0 Å². The topological polar surface area (TPSA) is 79.7 Å². The Hall–Kier alpha value is -2.78. The number of halogens is 1. The number of nitrogens with one attached hydrogen (secondary N) is 1. The van der Waals surface area contributed by atoms with E-state index >= 15 is 0 Å². The number of hydrogen-bond acceptors (Lipinski definition) is 6. The number of nitrogens with zero attached hydrogens (tertiary/aromatic N) is 4. The first kappa shape index (κ1) is 21.9. The summed E-state index contributed by atoms with van der Waals surface area (Å²) >= 11 is 0. The molecule has 9 heteroatoms. The SMILES string of the molecule is CCC(Oc1ccc(=O)n(-c2ccc(F)cc2)n1)C(=O)NCCN1CCN(C)CC1. The molecular weight excluding hydrogens is 389 g/mol. The van der Waals surface area contributed by atoms with Crippen LogP contribution in [-0.4, -0.2) is 77.9 Å². The maximum atomic E-state index is 13.1. The summed E-state index contributed by atoms with van der Waals surface area (Å²) in [7, 11) is 2.11. The van der Waals surface area contributed by atoms with E-state index < -0.39 is 11.9 Å². The molecule has 0 radical (unpaired) electrons. The Morgan fingerprint density at radius 1 is 1.17 bits per heavy atom. The van der Waals surface area contributed by atoms with E-state index in [0.29, 0.717) is 18.7 Å². The van der Waals surface area contributed by atoms with Gasteiger partial charge in [-0.2, -0.15) is 4.68 Å². The molecule has 1 aromatic carbocycles. The molecule has 0 spiro atoms. The van der Waals surface area contributed by atoms with Crippen LogP contribution in [-0.2, 0) is 4.79 Å². The third kappa shape index (κ3) is 5.87. The summed E-state index contributed by atoms with van der Waals surface area (Å²) < 4.78 is 20.0. The van der Waals surface area contributed by atoms with E-state index in [9.17, 15) is 14.0 Å². The molecule has 1 N–H and O–H groups in total. The van der Waals surface area contributed by atoms with Gasteiger partial charge in [-0.1, -0.05) is 6.92 Å². The summed E-state index contributed by atoms with van der Waals surface area (Å²) in [5, 5.41) is 7.09. The lowest BCUT2D eigenvalue weighted by Gasteiger charge is -2.32. The lowest BCUT2D eigenvalue weighted by Crippen LogP contribution is -2.48. The molecule has 1 fully saturated rings. The van der Waals surface area contributed by atoms with Gasteiger partial charge >= 0.3 is 0 Å². The predicted octanol–water partition coefficient (Wildman–Crippen LogP) is 0.893. The van der Waals surface area contributed by atoms with E-state index in [1.807, 2.05) is 6.92 Å². The zero-order valence-electron chi connectivity index (χ0n) is 17.4. The lowest BCUT2D eigenvalue weighted by molar-refractivity contribution is -0.128. The standard InChI is InChI=1S/C21H28FN5O3/c1-3-18(21(29)23-10-11-26-14-12-25(2)13-15-26)30-19-8-9-20(28)27(24-19)17-6-4-16(22)5-7-17/h4-9,18H,3,10-15H2,1-2H3,(H,23,29). The molecule has 1 unspecified atom stereocenters. The third-order valence-corrected chi connectivity index (χ3v) is 5.10. The molecule has 1 saturated heterocycles. The van der Waals surface area contributed by atoms with Crippen LogP contribution in [0.5, 0.6) is 5.88 Å².